The van der Waals surface area contributed by atoms with Crippen molar-refractivity contribution in [1.29, 1.82) is 5.26 Å². The van der Waals surface area contributed by atoms with Crippen molar-refractivity contribution in [2.24, 2.45) is 0 Å². The molecule has 5 rings (SSSR count). The Hall–Kier alpha value is -3.49. The quantitative estimate of drug-likeness (QED) is 0.594. The molecule has 3 atom stereocenters. The summed E-state index contributed by atoms with van der Waals surface area (Å²) in [6.07, 6.45) is 17.0. The van der Waals surface area contributed by atoms with Gasteiger partial charge in [-0.25, -0.2) is 0 Å². The molecule has 5 heteroatoms. The van der Waals surface area contributed by atoms with Crippen LogP contribution in [0.2, 0.25) is 0 Å². The molecule has 0 radical (unpaired) electrons. The summed E-state index contributed by atoms with van der Waals surface area (Å²) in [6, 6.07) is 9.76. The van der Waals surface area contributed by atoms with Gasteiger partial charge in [-0.3, -0.25) is 4.90 Å². The highest BCUT2D eigenvalue weighted by molar-refractivity contribution is 5.84. The first kappa shape index (κ1) is 24.2. The number of fused-ring (bicyclic) bond motifs is 1. The Balaban J connectivity index is 1.45. The minimum Gasteiger partial charge on any atom is -0.496 e. The van der Waals surface area contributed by atoms with E-state index in [2.05, 4.69) is 90.7 Å². The predicted octanol–water partition coefficient (Wildman–Crippen LogP) is 5.76. The maximum atomic E-state index is 9.18. The second-order valence-corrected chi connectivity index (χ2v) is 10.3. The molecule has 4 aliphatic rings. The SMILES string of the molecule is COC1=C(C2=CC=C(N3CC(C)N(C)C(C)C3)CC=C2)CNc2c1cccc2C1C=CC(C#N)=CC1. The first-order valence-electron chi connectivity index (χ1n) is 13.0. The van der Waals surface area contributed by atoms with E-state index in [-0.39, 0.29) is 5.92 Å². The number of nitrogens with zero attached hydrogens (tertiary/aromatic N) is 3. The van der Waals surface area contributed by atoms with E-state index in [0.717, 1.165) is 48.5 Å². The molecule has 2 aliphatic carbocycles. The zero-order valence-corrected chi connectivity index (χ0v) is 21.8. The summed E-state index contributed by atoms with van der Waals surface area (Å²) in [5.74, 6) is 1.19. The number of hydrogen-bond acceptors (Lipinski definition) is 5. The summed E-state index contributed by atoms with van der Waals surface area (Å²) >= 11 is 0. The van der Waals surface area contributed by atoms with Gasteiger partial charge >= 0.3 is 0 Å². The highest BCUT2D eigenvalue weighted by atomic mass is 16.5. The molecule has 1 saturated heterocycles. The molecule has 5 nitrogen and oxygen atoms in total. The van der Waals surface area contributed by atoms with E-state index in [1.807, 2.05) is 12.2 Å². The number of nitrogens with one attached hydrogen (secondary N) is 1. The molecule has 1 aromatic carbocycles. The number of ether oxygens (including phenoxy) is 1. The van der Waals surface area contributed by atoms with Crippen LogP contribution < -0.4 is 5.32 Å². The van der Waals surface area contributed by atoms with Crippen molar-refractivity contribution in [1.82, 2.24) is 9.80 Å². The molecular weight excluding hydrogens is 444 g/mol. The number of piperazine rings is 1. The number of rotatable bonds is 4. The van der Waals surface area contributed by atoms with Crippen molar-refractivity contribution in [3.8, 4) is 6.07 Å². The lowest BCUT2D eigenvalue weighted by molar-refractivity contribution is 0.0791. The van der Waals surface area contributed by atoms with Crippen LogP contribution in [0.25, 0.3) is 5.76 Å². The Bertz CT molecular complexity index is 1240. The summed E-state index contributed by atoms with van der Waals surface area (Å²) in [6.45, 7) is 7.47. The van der Waals surface area contributed by atoms with Gasteiger partial charge in [-0.15, -0.1) is 0 Å². The smallest absolute Gasteiger partial charge is 0.133 e. The molecule has 0 aromatic heterocycles. The van der Waals surface area contributed by atoms with Gasteiger partial charge in [0.15, 0.2) is 0 Å². The molecule has 1 fully saturated rings. The summed E-state index contributed by atoms with van der Waals surface area (Å²) in [4.78, 5) is 5.02. The zero-order chi connectivity index (χ0) is 25.2. The molecule has 1 aromatic rings. The molecule has 0 saturated carbocycles. The summed E-state index contributed by atoms with van der Waals surface area (Å²) in [5, 5.41) is 12.9. The average molecular weight is 481 g/mol. The van der Waals surface area contributed by atoms with Crippen LogP contribution in [0.4, 0.5) is 5.69 Å². The Labute approximate surface area is 215 Å². The van der Waals surface area contributed by atoms with E-state index in [0.29, 0.717) is 18.6 Å². The second kappa shape index (κ2) is 10.2. The van der Waals surface area contributed by atoms with Crippen molar-refractivity contribution in [2.45, 2.75) is 44.7 Å². The van der Waals surface area contributed by atoms with Gasteiger partial charge in [-0.05, 0) is 56.7 Å². The number of allylic oxidation sites excluding steroid dienone is 8. The van der Waals surface area contributed by atoms with E-state index in [4.69, 9.17) is 4.74 Å². The van der Waals surface area contributed by atoms with E-state index >= 15 is 0 Å². The van der Waals surface area contributed by atoms with Crippen molar-refractivity contribution >= 4 is 11.4 Å². The van der Waals surface area contributed by atoms with E-state index in [1.165, 1.54) is 22.4 Å². The number of methoxy groups -OCH3 is 1. The third-order valence-corrected chi connectivity index (χ3v) is 8.08. The zero-order valence-electron chi connectivity index (χ0n) is 21.8. The lowest BCUT2D eigenvalue weighted by Gasteiger charge is -2.44. The van der Waals surface area contributed by atoms with Crippen LogP contribution in [0.1, 0.15) is 43.7 Å². The van der Waals surface area contributed by atoms with Gasteiger partial charge in [0.1, 0.15) is 5.76 Å². The molecule has 0 bridgehead atoms. The number of hydrogen-bond donors (Lipinski definition) is 1. The van der Waals surface area contributed by atoms with Crippen LogP contribution in [0.5, 0.6) is 0 Å². The minimum absolute atomic E-state index is 0.250. The van der Waals surface area contributed by atoms with Crippen LogP contribution in [0.3, 0.4) is 0 Å². The Morgan fingerprint density at radius 3 is 2.61 bits per heavy atom. The fourth-order valence-corrected chi connectivity index (χ4v) is 5.78. The fraction of sp³-hybridized carbons (Fsp3) is 0.387. The molecule has 0 spiro atoms. The number of anilines is 1. The molecule has 0 amide bonds. The van der Waals surface area contributed by atoms with Gasteiger partial charge in [0.05, 0.1) is 13.2 Å². The number of para-hydroxylation sites is 1. The van der Waals surface area contributed by atoms with Crippen LogP contribution in [-0.4, -0.2) is 55.7 Å². The molecule has 1 N–H and O–H groups in total. The highest BCUT2D eigenvalue weighted by Gasteiger charge is 2.28. The summed E-state index contributed by atoms with van der Waals surface area (Å²) in [5.41, 5.74) is 7.98. The lowest BCUT2D eigenvalue weighted by atomic mass is 9.85. The highest BCUT2D eigenvalue weighted by Crippen LogP contribution is 2.41. The fourth-order valence-electron chi connectivity index (χ4n) is 5.78. The minimum atomic E-state index is 0.250. The maximum absolute atomic E-state index is 9.18. The summed E-state index contributed by atoms with van der Waals surface area (Å²) in [7, 11) is 4.00. The lowest BCUT2D eigenvalue weighted by Crippen LogP contribution is -2.54. The topological polar surface area (TPSA) is 51.5 Å². The van der Waals surface area contributed by atoms with Crippen molar-refractivity contribution < 1.29 is 4.74 Å². The first-order chi connectivity index (χ1) is 17.5. The number of benzene rings is 1. The second-order valence-electron chi connectivity index (χ2n) is 10.3. The molecule has 3 unspecified atom stereocenters. The van der Waals surface area contributed by atoms with E-state index < -0.39 is 0 Å². The molecule has 2 heterocycles. The number of nitriles is 1. The van der Waals surface area contributed by atoms with Crippen LogP contribution in [0.15, 0.2) is 83.1 Å². The predicted molar refractivity (Wildman–Crippen MR) is 147 cm³/mol. The van der Waals surface area contributed by atoms with Gasteiger partial charge < -0.3 is 15.0 Å². The van der Waals surface area contributed by atoms with Crippen molar-refractivity contribution in [3.05, 3.63) is 94.3 Å². The van der Waals surface area contributed by atoms with E-state index in [9.17, 15) is 5.26 Å². The van der Waals surface area contributed by atoms with Crippen LogP contribution in [0, 0.1) is 11.3 Å². The monoisotopic (exact) mass is 480 g/mol. The molecule has 36 heavy (non-hydrogen) atoms. The Morgan fingerprint density at radius 2 is 1.92 bits per heavy atom. The normalized spacial score (nSPS) is 26.2. The van der Waals surface area contributed by atoms with Crippen LogP contribution >= 0.6 is 0 Å². The Morgan fingerprint density at radius 1 is 1.11 bits per heavy atom. The number of likely N-dealkylation sites (N-methyl/N-ethyl adjacent to an activating group) is 1. The Kier molecular flexibility index (Phi) is 6.89. The molecule has 2 aliphatic heterocycles. The van der Waals surface area contributed by atoms with Crippen molar-refractivity contribution in [2.75, 3.05) is 39.1 Å². The van der Waals surface area contributed by atoms with E-state index in [1.54, 1.807) is 7.11 Å². The maximum Gasteiger partial charge on any atom is 0.133 e. The molecular formula is C31H36N4O. The third kappa shape index (κ3) is 4.54. The van der Waals surface area contributed by atoms with Gasteiger partial charge in [-0.1, -0.05) is 42.5 Å². The molecule has 186 valence electrons. The van der Waals surface area contributed by atoms with Gasteiger partial charge in [0.2, 0.25) is 0 Å². The first-order valence-corrected chi connectivity index (χ1v) is 13.0. The van der Waals surface area contributed by atoms with Gasteiger partial charge in [0, 0.05) is 72.2 Å². The van der Waals surface area contributed by atoms with Crippen LogP contribution in [-0.2, 0) is 4.74 Å². The standard InChI is InChI=1S/C31H36N4O/c1-21-19-35(20-22(2)34(21)3)26-8-5-7-24(15-16-26)29-18-33-30-27(9-6-10-28(30)31(29)36-4)25-13-11-23(17-32)12-14-25/h5-7,9-13,15-16,21-22,25,33H,8,14,18-20H2,1-4H3. The van der Waals surface area contributed by atoms with Gasteiger partial charge in [-0.2, -0.15) is 5.26 Å². The average Bonchev–Trinajstić information content (AvgIpc) is 3.17. The summed E-state index contributed by atoms with van der Waals surface area (Å²) < 4.78 is 6.04. The van der Waals surface area contributed by atoms with Gasteiger partial charge in [0.25, 0.3) is 0 Å². The van der Waals surface area contributed by atoms with Crippen molar-refractivity contribution in [3.63, 3.8) is 0 Å². The largest absolute Gasteiger partial charge is 0.496 e. The third-order valence-electron chi connectivity index (χ3n) is 8.08.